The Bertz CT molecular complexity index is 1040. The number of nitrogens with zero attached hydrogens (tertiary/aromatic N) is 2. The van der Waals surface area contributed by atoms with E-state index in [1.807, 2.05) is 64.9 Å². The summed E-state index contributed by atoms with van der Waals surface area (Å²) < 4.78 is 28.6. The van der Waals surface area contributed by atoms with Crippen molar-refractivity contribution in [2.24, 2.45) is 5.92 Å². The van der Waals surface area contributed by atoms with Gasteiger partial charge in [-0.25, -0.2) is 8.42 Å². The molecule has 0 aliphatic rings. The van der Waals surface area contributed by atoms with E-state index in [2.05, 4.69) is 5.32 Å². The van der Waals surface area contributed by atoms with Crippen molar-refractivity contribution < 1.29 is 13.2 Å². The van der Waals surface area contributed by atoms with Crippen molar-refractivity contribution >= 4 is 38.9 Å². The van der Waals surface area contributed by atoms with Crippen molar-refractivity contribution in [2.75, 3.05) is 24.3 Å². The quantitative estimate of drug-likeness (QED) is 0.496. The summed E-state index contributed by atoms with van der Waals surface area (Å²) in [5, 5.41) is 3.31. The molecular weight excluding hydrogens is 446 g/mol. The Hall–Kier alpha value is -2.09. The van der Waals surface area contributed by atoms with Crippen molar-refractivity contribution in [1.82, 2.24) is 4.31 Å². The van der Waals surface area contributed by atoms with Gasteiger partial charge >= 0.3 is 0 Å². The number of anilines is 2. The topological polar surface area (TPSA) is 69.7 Å². The van der Waals surface area contributed by atoms with Crippen LogP contribution in [0.3, 0.4) is 0 Å². The molecule has 0 spiro atoms. The fraction of sp³-hybridized carbons (Fsp3) is 0.458. The van der Waals surface area contributed by atoms with Crippen LogP contribution in [0.5, 0.6) is 0 Å². The van der Waals surface area contributed by atoms with Crippen LogP contribution in [-0.4, -0.2) is 38.8 Å². The second kappa shape index (κ2) is 11.2. The van der Waals surface area contributed by atoms with Crippen molar-refractivity contribution in [1.29, 1.82) is 0 Å². The van der Waals surface area contributed by atoms with Crippen molar-refractivity contribution in [3.63, 3.8) is 0 Å². The van der Waals surface area contributed by atoms with Gasteiger partial charge in [-0.05, 0) is 61.2 Å². The smallest absolute Gasteiger partial charge is 0.243 e. The van der Waals surface area contributed by atoms with Crippen LogP contribution in [0.2, 0.25) is 5.02 Å². The minimum Gasteiger partial charge on any atom is -0.377 e. The fourth-order valence-corrected chi connectivity index (χ4v) is 5.41. The first kappa shape index (κ1) is 26.2. The van der Waals surface area contributed by atoms with Crippen molar-refractivity contribution in [3.05, 3.63) is 53.1 Å². The molecule has 0 aliphatic heterocycles. The highest BCUT2D eigenvalue weighted by Crippen LogP contribution is 2.29. The zero-order chi connectivity index (χ0) is 24.1. The third-order valence-corrected chi connectivity index (χ3v) is 7.44. The van der Waals surface area contributed by atoms with E-state index >= 15 is 0 Å². The lowest BCUT2D eigenvalue weighted by atomic mass is 10.1. The number of hydrogen-bond donors (Lipinski definition) is 1. The molecule has 0 fully saturated rings. The Morgan fingerprint density at radius 3 is 2.34 bits per heavy atom. The molecule has 0 aliphatic carbocycles. The number of benzene rings is 2. The molecule has 0 heterocycles. The molecule has 2 rings (SSSR count). The molecule has 0 bridgehead atoms. The Kier molecular flexibility index (Phi) is 9.13. The van der Waals surface area contributed by atoms with Gasteiger partial charge in [0.2, 0.25) is 15.9 Å². The fourth-order valence-electron chi connectivity index (χ4n) is 3.42. The van der Waals surface area contributed by atoms with Gasteiger partial charge in [0.05, 0.1) is 4.90 Å². The minimum absolute atomic E-state index is 0.0612. The Morgan fingerprint density at radius 1 is 1.09 bits per heavy atom. The number of amides is 1. The van der Waals surface area contributed by atoms with Gasteiger partial charge in [-0.3, -0.25) is 4.79 Å². The summed E-state index contributed by atoms with van der Waals surface area (Å²) in [7, 11) is 0.0389. The van der Waals surface area contributed by atoms with Gasteiger partial charge in [0.1, 0.15) is 0 Å². The van der Waals surface area contributed by atoms with Crippen LogP contribution in [0.1, 0.15) is 46.1 Å². The zero-order valence-corrected chi connectivity index (χ0v) is 21.3. The summed E-state index contributed by atoms with van der Waals surface area (Å²) in [5.41, 5.74) is 2.35. The van der Waals surface area contributed by atoms with Crippen LogP contribution in [0.4, 0.5) is 11.4 Å². The van der Waals surface area contributed by atoms with Crippen LogP contribution >= 0.6 is 11.6 Å². The molecule has 1 atom stereocenters. The van der Waals surface area contributed by atoms with Crippen LogP contribution in [-0.2, 0) is 21.4 Å². The average molecular weight is 480 g/mol. The Labute approximate surface area is 197 Å². The van der Waals surface area contributed by atoms with E-state index in [0.717, 1.165) is 11.3 Å². The monoisotopic (exact) mass is 479 g/mol. The van der Waals surface area contributed by atoms with Gasteiger partial charge in [0, 0.05) is 49.5 Å². The average Bonchev–Trinajstić information content (AvgIpc) is 2.70. The molecule has 1 amide bonds. The van der Waals surface area contributed by atoms with Gasteiger partial charge in [0.15, 0.2) is 0 Å². The maximum Gasteiger partial charge on any atom is 0.243 e. The molecule has 8 heteroatoms. The Balaban J connectivity index is 2.47. The molecule has 1 N–H and O–H groups in total. The molecule has 0 aromatic heterocycles. The lowest BCUT2D eigenvalue weighted by molar-refractivity contribution is -0.116. The van der Waals surface area contributed by atoms with Gasteiger partial charge < -0.3 is 10.2 Å². The molecule has 2 aromatic rings. The molecule has 176 valence electrons. The molecule has 2 aromatic carbocycles. The number of nitrogens with one attached hydrogen (secondary N) is 1. The third-order valence-electron chi connectivity index (χ3n) is 5.25. The summed E-state index contributed by atoms with van der Waals surface area (Å²) in [4.78, 5) is 14.4. The predicted molar refractivity (Wildman–Crippen MR) is 133 cm³/mol. The highest BCUT2D eigenvalue weighted by molar-refractivity contribution is 7.89. The SMILES string of the molecule is CCC(C)N(Cc1cc(NC(=O)CC(C)C)ccc1N(C)C)S(=O)(=O)c1cccc(Cl)c1. The first-order valence-corrected chi connectivity index (χ1v) is 12.6. The lowest BCUT2D eigenvalue weighted by Gasteiger charge is -2.30. The third kappa shape index (κ3) is 6.70. The first-order valence-electron chi connectivity index (χ1n) is 10.8. The summed E-state index contributed by atoms with van der Waals surface area (Å²) >= 11 is 6.07. The number of sulfonamides is 1. The molecule has 0 saturated carbocycles. The molecule has 6 nitrogen and oxygen atoms in total. The normalized spacial score (nSPS) is 12.8. The number of carbonyl (C=O) groups is 1. The van der Waals surface area contributed by atoms with E-state index in [1.54, 1.807) is 18.2 Å². The number of halogens is 1. The van der Waals surface area contributed by atoms with Crippen LogP contribution in [0, 0.1) is 5.92 Å². The molecule has 0 saturated heterocycles. The zero-order valence-electron chi connectivity index (χ0n) is 19.7. The second-order valence-electron chi connectivity index (χ2n) is 8.65. The van der Waals surface area contributed by atoms with E-state index in [1.165, 1.54) is 10.4 Å². The highest BCUT2D eigenvalue weighted by Gasteiger charge is 2.29. The molecule has 32 heavy (non-hydrogen) atoms. The van der Waals surface area contributed by atoms with Gasteiger partial charge in [-0.2, -0.15) is 4.31 Å². The van der Waals surface area contributed by atoms with Crippen LogP contribution in [0.15, 0.2) is 47.4 Å². The van der Waals surface area contributed by atoms with Gasteiger partial charge in [0.25, 0.3) is 0 Å². The first-order chi connectivity index (χ1) is 14.9. The summed E-state index contributed by atoms with van der Waals surface area (Å²) in [6.07, 6.45) is 1.08. The predicted octanol–water partition coefficient (Wildman–Crippen LogP) is 5.38. The van der Waals surface area contributed by atoms with E-state index in [0.29, 0.717) is 23.6 Å². The van der Waals surface area contributed by atoms with Gasteiger partial charge in [-0.1, -0.05) is 38.4 Å². The standard InChI is InChI=1S/C24H34ClN3O3S/c1-7-18(4)28(32(30,31)22-10-8-9-20(25)15-22)16-19-14-21(11-12-23(19)27(5)6)26-24(29)13-17(2)3/h8-12,14-15,17-18H,7,13,16H2,1-6H3,(H,26,29). The number of rotatable bonds is 10. The second-order valence-corrected chi connectivity index (χ2v) is 11.0. The largest absolute Gasteiger partial charge is 0.377 e. The van der Waals surface area contributed by atoms with E-state index in [-0.39, 0.29) is 29.3 Å². The minimum atomic E-state index is -3.78. The summed E-state index contributed by atoms with van der Waals surface area (Å²) in [5.74, 6) is 0.188. The number of carbonyl (C=O) groups excluding carboxylic acids is 1. The summed E-state index contributed by atoms with van der Waals surface area (Å²) in [6, 6.07) is 11.7. The van der Waals surface area contributed by atoms with Crippen LogP contribution < -0.4 is 10.2 Å². The van der Waals surface area contributed by atoms with E-state index in [9.17, 15) is 13.2 Å². The van der Waals surface area contributed by atoms with E-state index < -0.39 is 10.0 Å². The van der Waals surface area contributed by atoms with Crippen LogP contribution in [0.25, 0.3) is 0 Å². The van der Waals surface area contributed by atoms with Crippen molar-refractivity contribution in [2.45, 2.75) is 58.0 Å². The Morgan fingerprint density at radius 2 is 1.78 bits per heavy atom. The highest BCUT2D eigenvalue weighted by atomic mass is 35.5. The summed E-state index contributed by atoms with van der Waals surface area (Å²) in [6.45, 7) is 8.01. The lowest BCUT2D eigenvalue weighted by Crippen LogP contribution is -2.38. The van der Waals surface area contributed by atoms with Gasteiger partial charge in [-0.15, -0.1) is 0 Å². The molecular formula is C24H34ClN3O3S. The maximum atomic E-state index is 13.5. The number of hydrogen-bond acceptors (Lipinski definition) is 4. The maximum absolute atomic E-state index is 13.5. The van der Waals surface area contributed by atoms with E-state index in [4.69, 9.17) is 11.6 Å². The molecule has 1 unspecified atom stereocenters. The van der Waals surface area contributed by atoms with Crippen molar-refractivity contribution in [3.8, 4) is 0 Å². The molecule has 0 radical (unpaired) electrons.